The molecule has 0 aromatic carbocycles. The number of pyridine rings is 1. The Morgan fingerprint density at radius 2 is 1.83 bits per heavy atom. The lowest BCUT2D eigenvalue weighted by molar-refractivity contribution is 0.178. The lowest BCUT2D eigenvalue weighted by Gasteiger charge is -2.30. The topological polar surface area (TPSA) is 55.8 Å². The van der Waals surface area contributed by atoms with Gasteiger partial charge < -0.3 is 15.5 Å². The van der Waals surface area contributed by atoms with Gasteiger partial charge in [-0.1, -0.05) is 6.07 Å². The molecule has 0 bridgehead atoms. The van der Waals surface area contributed by atoms with Crippen molar-refractivity contribution in [3.63, 3.8) is 0 Å². The van der Waals surface area contributed by atoms with Crippen molar-refractivity contribution in [2.75, 3.05) is 39.1 Å². The number of aliphatic imine (C=N–C) groups is 1. The summed E-state index contributed by atoms with van der Waals surface area (Å²) < 4.78 is 0. The summed E-state index contributed by atoms with van der Waals surface area (Å²) in [5, 5.41) is 6.76. The summed E-state index contributed by atoms with van der Waals surface area (Å²) in [4.78, 5) is 13.2. The predicted molar refractivity (Wildman–Crippen MR) is 104 cm³/mol. The molecule has 1 aromatic rings. The van der Waals surface area contributed by atoms with E-state index in [1.165, 1.54) is 0 Å². The van der Waals surface area contributed by atoms with Gasteiger partial charge in [0.25, 0.3) is 0 Å². The molecule has 0 aliphatic heterocycles. The number of anilines is 1. The maximum atomic E-state index is 4.43. The number of guanidine groups is 1. The van der Waals surface area contributed by atoms with Gasteiger partial charge in [-0.05, 0) is 33.8 Å². The van der Waals surface area contributed by atoms with Crippen molar-refractivity contribution in [3.05, 3.63) is 23.9 Å². The molecule has 136 valence electrons. The van der Waals surface area contributed by atoms with Gasteiger partial charge >= 0.3 is 0 Å². The number of rotatable bonds is 8. The van der Waals surface area contributed by atoms with E-state index in [4.69, 9.17) is 0 Å². The van der Waals surface area contributed by atoms with Crippen LogP contribution in [-0.2, 0) is 6.54 Å². The SMILES string of the molecule is CN=C(NCCN(C(C)C)C(C)C)NCc1cccnc1N(C)C. The van der Waals surface area contributed by atoms with E-state index >= 15 is 0 Å². The minimum absolute atomic E-state index is 0.541. The summed E-state index contributed by atoms with van der Waals surface area (Å²) >= 11 is 0. The Kier molecular flexibility index (Phi) is 8.54. The van der Waals surface area contributed by atoms with Crippen LogP contribution >= 0.6 is 0 Å². The van der Waals surface area contributed by atoms with Crippen molar-refractivity contribution in [1.82, 2.24) is 20.5 Å². The molecule has 1 heterocycles. The zero-order chi connectivity index (χ0) is 18.1. The average Bonchev–Trinajstić information content (AvgIpc) is 2.53. The zero-order valence-electron chi connectivity index (χ0n) is 16.3. The van der Waals surface area contributed by atoms with Gasteiger partial charge in [0, 0.05) is 64.6 Å². The first-order valence-electron chi connectivity index (χ1n) is 8.68. The lowest BCUT2D eigenvalue weighted by Crippen LogP contribution is -2.45. The zero-order valence-corrected chi connectivity index (χ0v) is 16.3. The van der Waals surface area contributed by atoms with Gasteiger partial charge in [0.05, 0.1) is 0 Å². The molecular formula is C18H34N6. The molecule has 24 heavy (non-hydrogen) atoms. The number of aromatic nitrogens is 1. The van der Waals surface area contributed by atoms with Gasteiger partial charge in [-0.3, -0.25) is 9.89 Å². The number of nitrogens with one attached hydrogen (secondary N) is 2. The normalized spacial score (nSPS) is 12.2. The largest absolute Gasteiger partial charge is 0.362 e. The summed E-state index contributed by atoms with van der Waals surface area (Å²) in [5.74, 6) is 1.79. The van der Waals surface area contributed by atoms with Gasteiger partial charge in [0.1, 0.15) is 5.82 Å². The molecule has 6 nitrogen and oxygen atoms in total. The maximum Gasteiger partial charge on any atom is 0.191 e. The van der Waals surface area contributed by atoms with Crippen LogP contribution in [0.4, 0.5) is 5.82 Å². The molecule has 0 unspecified atom stereocenters. The van der Waals surface area contributed by atoms with Crippen LogP contribution in [0, 0.1) is 0 Å². The molecule has 2 N–H and O–H groups in total. The highest BCUT2D eigenvalue weighted by atomic mass is 15.2. The Hall–Kier alpha value is -1.82. The van der Waals surface area contributed by atoms with E-state index in [-0.39, 0.29) is 0 Å². The quantitative estimate of drug-likeness (QED) is 0.562. The van der Waals surface area contributed by atoms with Crippen molar-refractivity contribution in [3.8, 4) is 0 Å². The standard InChI is InChI=1S/C18H34N6/c1-14(2)24(15(3)4)12-11-21-18(19-5)22-13-16-9-8-10-20-17(16)23(6)7/h8-10,14-15H,11-13H2,1-7H3,(H2,19,21,22). The van der Waals surface area contributed by atoms with E-state index in [1.807, 2.05) is 31.3 Å². The van der Waals surface area contributed by atoms with Crippen LogP contribution < -0.4 is 15.5 Å². The number of hydrogen-bond donors (Lipinski definition) is 2. The van der Waals surface area contributed by atoms with Crippen molar-refractivity contribution in [2.24, 2.45) is 4.99 Å². The molecule has 0 saturated carbocycles. The van der Waals surface area contributed by atoms with Crippen molar-refractivity contribution < 1.29 is 0 Å². The first-order chi connectivity index (χ1) is 11.4. The van der Waals surface area contributed by atoms with Gasteiger partial charge in [-0.25, -0.2) is 4.98 Å². The smallest absolute Gasteiger partial charge is 0.191 e. The highest BCUT2D eigenvalue weighted by Gasteiger charge is 2.13. The molecule has 0 radical (unpaired) electrons. The number of hydrogen-bond acceptors (Lipinski definition) is 4. The molecular weight excluding hydrogens is 300 g/mol. The highest BCUT2D eigenvalue weighted by molar-refractivity contribution is 5.79. The maximum absolute atomic E-state index is 4.43. The van der Waals surface area contributed by atoms with E-state index in [2.05, 4.69) is 59.3 Å². The van der Waals surface area contributed by atoms with Gasteiger partial charge in [0.2, 0.25) is 0 Å². The average molecular weight is 335 g/mol. The highest BCUT2D eigenvalue weighted by Crippen LogP contribution is 2.13. The fourth-order valence-electron chi connectivity index (χ4n) is 2.79. The molecule has 0 atom stereocenters. The minimum Gasteiger partial charge on any atom is -0.362 e. The number of nitrogens with zero attached hydrogens (tertiary/aromatic N) is 4. The Labute approximate surface area is 147 Å². The van der Waals surface area contributed by atoms with Gasteiger partial charge in [0.15, 0.2) is 5.96 Å². The first-order valence-corrected chi connectivity index (χ1v) is 8.68. The second-order valence-corrected chi connectivity index (χ2v) is 6.66. The summed E-state index contributed by atoms with van der Waals surface area (Å²) in [5.41, 5.74) is 1.15. The van der Waals surface area contributed by atoms with Crippen molar-refractivity contribution in [1.29, 1.82) is 0 Å². The molecule has 0 amide bonds. The first kappa shape index (κ1) is 20.2. The van der Waals surface area contributed by atoms with Crippen molar-refractivity contribution >= 4 is 11.8 Å². The summed E-state index contributed by atoms with van der Waals surface area (Å²) in [6.45, 7) is 11.5. The molecule has 1 rings (SSSR count). The second-order valence-electron chi connectivity index (χ2n) is 6.66. The van der Waals surface area contributed by atoms with E-state index in [0.29, 0.717) is 18.6 Å². The predicted octanol–water partition coefficient (Wildman–Crippen LogP) is 1.93. The van der Waals surface area contributed by atoms with Crippen LogP contribution in [0.1, 0.15) is 33.3 Å². The van der Waals surface area contributed by atoms with Crippen LogP contribution in [0.3, 0.4) is 0 Å². The monoisotopic (exact) mass is 334 g/mol. The van der Waals surface area contributed by atoms with Gasteiger partial charge in [-0.2, -0.15) is 0 Å². The summed E-state index contributed by atoms with van der Waals surface area (Å²) in [6.07, 6.45) is 1.82. The van der Waals surface area contributed by atoms with Crippen LogP contribution in [-0.4, -0.2) is 62.2 Å². The molecule has 0 aliphatic rings. The van der Waals surface area contributed by atoms with E-state index in [1.54, 1.807) is 7.05 Å². The molecule has 0 aliphatic carbocycles. The van der Waals surface area contributed by atoms with E-state index in [9.17, 15) is 0 Å². The second kappa shape index (κ2) is 10.1. The Morgan fingerprint density at radius 1 is 1.17 bits per heavy atom. The summed E-state index contributed by atoms with van der Waals surface area (Å²) in [7, 11) is 5.81. The molecule has 0 saturated heterocycles. The third-order valence-electron chi connectivity index (χ3n) is 3.95. The molecule has 1 aromatic heterocycles. The minimum atomic E-state index is 0.541. The van der Waals surface area contributed by atoms with Crippen LogP contribution in [0.2, 0.25) is 0 Å². The fraction of sp³-hybridized carbons (Fsp3) is 0.667. The molecule has 0 fully saturated rings. The Morgan fingerprint density at radius 3 is 2.38 bits per heavy atom. The van der Waals surface area contributed by atoms with Crippen LogP contribution in [0.25, 0.3) is 0 Å². The van der Waals surface area contributed by atoms with Crippen LogP contribution in [0.5, 0.6) is 0 Å². The Bertz CT molecular complexity index is 502. The molecule has 6 heteroatoms. The third-order valence-corrected chi connectivity index (χ3v) is 3.95. The Balaban J connectivity index is 2.52. The molecule has 0 spiro atoms. The van der Waals surface area contributed by atoms with E-state index < -0.39 is 0 Å². The third kappa shape index (κ3) is 6.35. The van der Waals surface area contributed by atoms with E-state index in [0.717, 1.165) is 30.4 Å². The van der Waals surface area contributed by atoms with Crippen LogP contribution in [0.15, 0.2) is 23.3 Å². The van der Waals surface area contributed by atoms with Crippen molar-refractivity contribution in [2.45, 2.75) is 46.3 Å². The van der Waals surface area contributed by atoms with Gasteiger partial charge in [-0.15, -0.1) is 0 Å². The summed E-state index contributed by atoms with van der Waals surface area (Å²) in [6, 6.07) is 5.13. The fourth-order valence-corrected chi connectivity index (χ4v) is 2.79. The lowest BCUT2D eigenvalue weighted by atomic mass is 10.2.